The number of aromatic nitrogens is 2. The summed E-state index contributed by atoms with van der Waals surface area (Å²) in [4.78, 5) is 28.0. The van der Waals surface area contributed by atoms with Gasteiger partial charge in [0.15, 0.2) is 0 Å². The molecule has 0 fully saturated rings. The van der Waals surface area contributed by atoms with E-state index in [2.05, 4.69) is 20.9 Å². The van der Waals surface area contributed by atoms with Crippen LogP contribution in [0.1, 0.15) is 37.2 Å². The van der Waals surface area contributed by atoms with E-state index in [9.17, 15) is 9.59 Å². The Morgan fingerprint density at radius 2 is 2.35 bits per heavy atom. The first kappa shape index (κ1) is 14.4. The van der Waals surface area contributed by atoms with Crippen LogP contribution in [-0.4, -0.2) is 40.5 Å². The minimum Gasteiger partial charge on any atom is -0.356 e. The van der Waals surface area contributed by atoms with Gasteiger partial charge in [-0.1, -0.05) is 6.92 Å². The zero-order valence-electron chi connectivity index (χ0n) is 11.9. The van der Waals surface area contributed by atoms with E-state index in [1.165, 1.54) is 0 Å². The number of nitrogens with zero attached hydrogens (tertiary/aromatic N) is 2. The van der Waals surface area contributed by atoms with Crippen molar-refractivity contribution in [3.63, 3.8) is 0 Å². The predicted octanol–water partition coefficient (Wildman–Crippen LogP) is 0.343. The molecule has 0 spiro atoms. The molecule has 7 nitrogen and oxygen atoms in total. The van der Waals surface area contributed by atoms with Crippen molar-refractivity contribution in [3.8, 4) is 0 Å². The Balaban J connectivity index is 1.94. The number of amides is 2. The van der Waals surface area contributed by atoms with Crippen LogP contribution < -0.4 is 16.0 Å². The van der Waals surface area contributed by atoms with E-state index >= 15 is 0 Å². The van der Waals surface area contributed by atoms with Crippen molar-refractivity contribution < 1.29 is 9.59 Å². The van der Waals surface area contributed by atoms with E-state index in [1.54, 1.807) is 13.1 Å². The second kappa shape index (κ2) is 6.40. The minimum atomic E-state index is -0.569. The highest BCUT2D eigenvalue weighted by atomic mass is 16.2. The number of hydrogen-bond donors (Lipinski definition) is 3. The van der Waals surface area contributed by atoms with E-state index in [4.69, 9.17) is 0 Å². The number of hydrogen-bond acceptors (Lipinski definition) is 4. The lowest BCUT2D eigenvalue weighted by Crippen LogP contribution is -2.45. The second-order valence-corrected chi connectivity index (χ2v) is 4.91. The van der Waals surface area contributed by atoms with Crippen molar-refractivity contribution >= 4 is 17.8 Å². The normalized spacial score (nSPS) is 14.9. The van der Waals surface area contributed by atoms with Crippen LogP contribution in [0.3, 0.4) is 0 Å². The van der Waals surface area contributed by atoms with Crippen molar-refractivity contribution in [2.75, 3.05) is 18.4 Å². The Morgan fingerprint density at radius 1 is 1.55 bits per heavy atom. The summed E-state index contributed by atoms with van der Waals surface area (Å²) in [6.07, 6.45) is 3.60. The summed E-state index contributed by atoms with van der Waals surface area (Å²) in [7, 11) is 0. The quantitative estimate of drug-likeness (QED) is 0.725. The maximum atomic E-state index is 12.1. The van der Waals surface area contributed by atoms with Crippen LogP contribution in [0.15, 0.2) is 6.20 Å². The number of carbonyl (C=O) groups excluding carboxylic acids is 2. The van der Waals surface area contributed by atoms with Crippen molar-refractivity contribution in [2.24, 2.45) is 0 Å². The van der Waals surface area contributed by atoms with Crippen molar-refractivity contribution in [1.82, 2.24) is 20.2 Å². The third kappa shape index (κ3) is 3.28. The largest absolute Gasteiger partial charge is 0.356 e. The smallest absolute Gasteiger partial charge is 0.272 e. The Labute approximate surface area is 118 Å². The van der Waals surface area contributed by atoms with Gasteiger partial charge in [-0.15, -0.1) is 0 Å². The van der Waals surface area contributed by atoms with Gasteiger partial charge in [-0.3, -0.25) is 9.59 Å². The zero-order valence-corrected chi connectivity index (χ0v) is 11.9. The number of imidazole rings is 1. The van der Waals surface area contributed by atoms with Crippen LogP contribution >= 0.6 is 0 Å². The summed E-state index contributed by atoms with van der Waals surface area (Å²) in [5.41, 5.74) is 0.338. The highest BCUT2D eigenvalue weighted by Gasteiger charge is 2.20. The number of aryl methyl sites for hydroxylation is 1. The molecule has 1 aromatic rings. The van der Waals surface area contributed by atoms with Gasteiger partial charge in [0.25, 0.3) is 5.91 Å². The second-order valence-electron chi connectivity index (χ2n) is 4.91. The summed E-state index contributed by atoms with van der Waals surface area (Å²) in [5.74, 6) is 0.208. The van der Waals surface area contributed by atoms with Gasteiger partial charge in [-0.2, -0.15) is 0 Å². The highest BCUT2D eigenvalue weighted by molar-refractivity contribution is 5.96. The lowest BCUT2D eigenvalue weighted by atomic mass is 10.3. The summed E-state index contributed by atoms with van der Waals surface area (Å²) in [6, 6.07) is -0.569. The first-order valence-corrected chi connectivity index (χ1v) is 7.01. The number of fused-ring (bicyclic) bond motifs is 1. The lowest BCUT2D eigenvalue weighted by Gasteiger charge is -2.14. The number of anilines is 1. The number of nitrogens with one attached hydrogen (secondary N) is 3. The molecule has 0 bridgehead atoms. The fourth-order valence-electron chi connectivity index (χ4n) is 2.02. The lowest BCUT2D eigenvalue weighted by molar-refractivity contribution is -0.122. The van der Waals surface area contributed by atoms with Crippen LogP contribution in [0.2, 0.25) is 0 Å². The molecule has 0 aromatic carbocycles. The van der Waals surface area contributed by atoms with E-state index in [0.717, 1.165) is 25.9 Å². The minimum absolute atomic E-state index is 0.178. The molecular formula is C13H21N5O2. The topological polar surface area (TPSA) is 88.1 Å². The van der Waals surface area contributed by atoms with E-state index < -0.39 is 6.04 Å². The first-order chi connectivity index (χ1) is 9.61. The summed E-state index contributed by atoms with van der Waals surface area (Å²) in [6.45, 7) is 5.98. The van der Waals surface area contributed by atoms with Gasteiger partial charge in [0.2, 0.25) is 11.9 Å². The van der Waals surface area contributed by atoms with Gasteiger partial charge in [0, 0.05) is 25.8 Å². The maximum absolute atomic E-state index is 12.1. The van der Waals surface area contributed by atoms with Crippen LogP contribution in [0.5, 0.6) is 0 Å². The standard InChI is InChI=1S/C13H21N5O2/c1-3-5-14-11(19)9(2)16-12(20)10-8-18-7-4-6-15-13(18)17-10/h8-9H,3-7H2,1-2H3,(H,14,19)(H,15,17)(H,16,20). The molecule has 3 N–H and O–H groups in total. The first-order valence-electron chi connectivity index (χ1n) is 7.01. The molecule has 0 radical (unpaired) electrons. The summed E-state index contributed by atoms with van der Waals surface area (Å²) in [5, 5.41) is 8.54. The Morgan fingerprint density at radius 3 is 3.05 bits per heavy atom. The average Bonchev–Trinajstić information content (AvgIpc) is 2.88. The monoisotopic (exact) mass is 279 g/mol. The van der Waals surface area contributed by atoms with Crippen LogP contribution in [0.25, 0.3) is 0 Å². The van der Waals surface area contributed by atoms with E-state index in [-0.39, 0.29) is 11.8 Å². The van der Waals surface area contributed by atoms with Gasteiger partial charge in [-0.05, 0) is 19.8 Å². The molecule has 1 aliphatic heterocycles. The molecule has 1 atom stereocenters. The molecule has 1 aromatic heterocycles. The fraction of sp³-hybridized carbons (Fsp3) is 0.615. The van der Waals surface area contributed by atoms with Crippen molar-refractivity contribution in [1.29, 1.82) is 0 Å². The third-order valence-electron chi connectivity index (χ3n) is 3.16. The third-order valence-corrected chi connectivity index (χ3v) is 3.16. The zero-order chi connectivity index (χ0) is 14.5. The van der Waals surface area contributed by atoms with Crippen molar-refractivity contribution in [3.05, 3.63) is 11.9 Å². The molecule has 1 aliphatic rings. The fourth-order valence-corrected chi connectivity index (χ4v) is 2.02. The predicted molar refractivity (Wildman–Crippen MR) is 75.6 cm³/mol. The number of rotatable bonds is 5. The van der Waals surface area contributed by atoms with Crippen LogP contribution in [0.4, 0.5) is 5.95 Å². The Kier molecular flexibility index (Phi) is 4.60. The molecular weight excluding hydrogens is 258 g/mol. The molecule has 110 valence electrons. The Bertz CT molecular complexity index is 473. The summed E-state index contributed by atoms with van der Waals surface area (Å²) < 4.78 is 1.92. The van der Waals surface area contributed by atoms with Gasteiger partial charge in [0.05, 0.1) is 0 Å². The Hall–Kier alpha value is -2.05. The molecule has 2 amide bonds. The van der Waals surface area contributed by atoms with Crippen LogP contribution in [0, 0.1) is 0 Å². The number of carbonyl (C=O) groups is 2. The van der Waals surface area contributed by atoms with E-state index in [1.807, 2.05) is 11.5 Å². The molecule has 20 heavy (non-hydrogen) atoms. The van der Waals surface area contributed by atoms with E-state index in [0.29, 0.717) is 18.2 Å². The maximum Gasteiger partial charge on any atom is 0.272 e. The van der Waals surface area contributed by atoms with Crippen molar-refractivity contribution in [2.45, 2.75) is 39.3 Å². The molecule has 0 aliphatic carbocycles. The highest BCUT2D eigenvalue weighted by Crippen LogP contribution is 2.13. The molecule has 0 saturated heterocycles. The van der Waals surface area contributed by atoms with Crippen LogP contribution in [-0.2, 0) is 11.3 Å². The molecule has 2 rings (SSSR count). The summed E-state index contributed by atoms with van der Waals surface area (Å²) >= 11 is 0. The molecule has 2 heterocycles. The average molecular weight is 279 g/mol. The molecule has 1 unspecified atom stereocenters. The molecule has 0 saturated carbocycles. The molecule has 7 heteroatoms. The van der Waals surface area contributed by atoms with Gasteiger partial charge < -0.3 is 20.5 Å². The SMILES string of the molecule is CCCNC(=O)C(C)NC(=O)c1cn2c(n1)NCCC2. The van der Waals surface area contributed by atoms with Gasteiger partial charge in [-0.25, -0.2) is 4.98 Å². The van der Waals surface area contributed by atoms with Gasteiger partial charge in [0.1, 0.15) is 11.7 Å². The van der Waals surface area contributed by atoms with Gasteiger partial charge >= 0.3 is 0 Å².